The van der Waals surface area contributed by atoms with Crippen LogP contribution in [0.3, 0.4) is 0 Å². The highest BCUT2D eigenvalue weighted by Gasteiger charge is 2.22. The molecule has 2 aromatic rings. The third-order valence-corrected chi connectivity index (χ3v) is 3.38. The summed E-state index contributed by atoms with van der Waals surface area (Å²) in [5.74, 6) is 0. The molecule has 0 amide bonds. The van der Waals surface area contributed by atoms with Crippen molar-refractivity contribution in [3.63, 3.8) is 0 Å². The van der Waals surface area contributed by atoms with Crippen molar-refractivity contribution in [2.45, 2.75) is 32.0 Å². The number of aldehydes is 1. The van der Waals surface area contributed by atoms with Crippen LogP contribution in [0.5, 0.6) is 0 Å². The maximum atomic E-state index is 12.3. The molecule has 0 atom stereocenters. The van der Waals surface area contributed by atoms with E-state index in [2.05, 4.69) is 0 Å². The van der Waals surface area contributed by atoms with Gasteiger partial charge in [0.15, 0.2) is 0 Å². The number of ether oxygens (including phenoxy) is 1. The topological polar surface area (TPSA) is 53.2 Å². The average molecular weight is 260 g/mol. The van der Waals surface area contributed by atoms with Gasteiger partial charge in [0.05, 0.1) is 36.8 Å². The van der Waals surface area contributed by atoms with Crippen molar-refractivity contribution in [3.05, 3.63) is 34.7 Å². The second-order valence-corrected chi connectivity index (χ2v) is 4.77. The molecule has 1 aliphatic carbocycles. The van der Waals surface area contributed by atoms with Crippen LogP contribution in [0.15, 0.2) is 29.1 Å². The minimum atomic E-state index is -0.146. The van der Waals surface area contributed by atoms with Crippen molar-refractivity contribution >= 4 is 17.3 Å². The summed E-state index contributed by atoms with van der Waals surface area (Å²) in [4.78, 5) is 23.0. The van der Waals surface area contributed by atoms with Crippen molar-refractivity contribution in [1.29, 1.82) is 0 Å². The number of para-hydroxylation sites is 2. The number of rotatable bonds is 6. The van der Waals surface area contributed by atoms with E-state index in [4.69, 9.17) is 4.74 Å². The van der Waals surface area contributed by atoms with E-state index in [0.29, 0.717) is 19.3 Å². The number of imidazole rings is 1. The fourth-order valence-electron chi connectivity index (χ4n) is 2.28. The van der Waals surface area contributed by atoms with Gasteiger partial charge in [-0.2, -0.15) is 0 Å². The molecular weight excluding hydrogens is 244 g/mol. The molecule has 0 aliphatic heterocycles. The predicted octanol–water partition coefficient (Wildman–Crippen LogP) is 1.18. The van der Waals surface area contributed by atoms with Crippen LogP contribution in [0, 0.1) is 0 Å². The van der Waals surface area contributed by atoms with Gasteiger partial charge in [-0.25, -0.2) is 4.79 Å². The molecule has 1 saturated carbocycles. The van der Waals surface area contributed by atoms with Gasteiger partial charge in [0.2, 0.25) is 0 Å². The van der Waals surface area contributed by atoms with Crippen molar-refractivity contribution < 1.29 is 9.53 Å². The highest BCUT2D eigenvalue weighted by atomic mass is 16.5. The second-order valence-electron chi connectivity index (χ2n) is 4.77. The van der Waals surface area contributed by atoms with Crippen LogP contribution in [0.1, 0.15) is 12.8 Å². The summed E-state index contributed by atoms with van der Waals surface area (Å²) in [6.45, 7) is 1.16. The van der Waals surface area contributed by atoms with Crippen molar-refractivity contribution in [2.24, 2.45) is 0 Å². The van der Waals surface area contributed by atoms with Crippen molar-refractivity contribution in [3.8, 4) is 0 Å². The zero-order valence-corrected chi connectivity index (χ0v) is 10.6. The monoisotopic (exact) mass is 260 g/mol. The van der Waals surface area contributed by atoms with E-state index >= 15 is 0 Å². The van der Waals surface area contributed by atoms with Crippen LogP contribution in [0.4, 0.5) is 0 Å². The fraction of sp³-hybridized carbons (Fsp3) is 0.429. The lowest BCUT2D eigenvalue weighted by molar-refractivity contribution is -0.108. The Hall–Kier alpha value is -1.88. The molecule has 3 rings (SSSR count). The molecule has 0 spiro atoms. The van der Waals surface area contributed by atoms with Crippen LogP contribution in [0.2, 0.25) is 0 Å². The van der Waals surface area contributed by atoms with E-state index in [9.17, 15) is 9.59 Å². The van der Waals surface area contributed by atoms with Gasteiger partial charge < -0.3 is 9.53 Å². The Kier molecular flexibility index (Phi) is 3.21. The van der Waals surface area contributed by atoms with Gasteiger partial charge in [0.1, 0.15) is 6.29 Å². The maximum absolute atomic E-state index is 12.3. The highest BCUT2D eigenvalue weighted by molar-refractivity contribution is 5.76. The van der Waals surface area contributed by atoms with Gasteiger partial charge >= 0.3 is 5.69 Å². The minimum Gasteiger partial charge on any atom is -0.376 e. The molecule has 1 aliphatic rings. The first-order valence-corrected chi connectivity index (χ1v) is 6.54. The van der Waals surface area contributed by atoms with E-state index in [0.717, 1.165) is 30.2 Å². The molecule has 5 nitrogen and oxygen atoms in total. The molecular formula is C14H16N2O3. The number of benzene rings is 1. The number of fused-ring (bicyclic) bond motifs is 1. The lowest BCUT2D eigenvalue weighted by Gasteiger charge is -2.03. The summed E-state index contributed by atoms with van der Waals surface area (Å²) < 4.78 is 8.77. The van der Waals surface area contributed by atoms with Gasteiger partial charge in [0.25, 0.3) is 0 Å². The normalized spacial score (nSPS) is 14.9. The second kappa shape index (κ2) is 5.01. The van der Waals surface area contributed by atoms with Gasteiger partial charge in [-0.1, -0.05) is 12.1 Å². The van der Waals surface area contributed by atoms with E-state index in [1.54, 1.807) is 4.57 Å². The zero-order valence-electron chi connectivity index (χ0n) is 10.6. The maximum Gasteiger partial charge on any atom is 0.329 e. The fourth-order valence-corrected chi connectivity index (χ4v) is 2.28. The molecule has 1 fully saturated rings. The number of hydrogen-bond donors (Lipinski definition) is 0. The Morgan fingerprint density at radius 3 is 2.53 bits per heavy atom. The molecule has 1 heterocycles. The molecule has 100 valence electrons. The molecule has 0 bridgehead atoms. The quantitative estimate of drug-likeness (QED) is 0.733. The van der Waals surface area contributed by atoms with Gasteiger partial charge in [0, 0.05) is 0 Å². The third kappa shape index (κ3) is 2.33. The lowest BCUT2D eigenvalue weighted by Crippen LogP contribution is -2.26. The van der Waals surface area contributed by atoms with Crippen LogP contribution in [0.25, 0.3) is 11.0 Å². The Morgan fingerprint density at radius 2 is 1.89 bits per heavy atom. The van der Waals surface area contributed by atoms with Crippen molar-refractivity contribution in [2.75, 3.05) is 6.61 Å². The molecule has 0 saturated heterocycles. The number of aromatic nitrogens is 2. The van der Waals surface area contributed by atoms with Crippen molar-refractivity contribution in [1.82, 2.24) is 9.13 Å². The lowest BCUT2D eigenvalue weighted by atomic mass is 10.3. The number of carbonyl (C=O) groups excluding carboxylic acids is 1. The Labute approximate surface area is 110 Å². The smallest absolute Gasteiger partial charge is 0.329 e. The first-order chi connectivity index (χ1) is 9.31. The SMILES string of the molecule is O=CCn1c(=O)n(CCOC2CC2)c2ccccc21. The zero-order chi connectivity index (χ0) is 13.2. The standard InChI is InChI=1S/C14H16N2O3/c17-9-7-15-12-3-1-2-4-13(12)16(14(15)18)8-10-19-11-5-6-11/h1-4,9,11H,5-8,10H2. The first kappa shape index (κ1) is 12.2. The van der Waals surface area contributed by atoms with E-state index in [1.165, 1.54) is 4.57 Å². The average Bonchev–Trinajstić information content (AvgIpc) is 3.21. The molecule has 0 N–H and O–H groups in total. The predicted molar refractivity (Wildman–Crippen MR) is 71.2 cm³/mol. The first-order valence-electron chi connectivity index (χ1n) is 6.54. The van der Waals surface area contributed by atoms with Gasteiger partial charge in [-0.05, 0) is 25.0 Å². The largest absolute Gasteiger partial charge is 0.376 e. The number of hydrogen-bond acceptors (Lipinski definition) is 3. The molecule has 5 heteroatoms. The Morgan fingerprint density at radius 1 is 1.21 bits per heavy atom. The van der Waals surface area contributed by atoms with Crippen LogP contribution >= 0.6 is 0 Å². The summed E-state index contributed by atoms with van der Waals surface area (Å²) in [6, 6.07) is 7.52. The van der Waals surface area contributed by atoms with E-state index in [-0.39, 0.29) is 12.2 Å². The van der Waals surface area contributed by atoms with Crippen LogP contribution < -0.4 is 5.69 Å². The minimum absolute atomic E-state index is 0.0931. The van der Waals surface area contributed by atoms with Gasteiger partial charge in [-0.15, -0.1) is 0 Å². The summed E-state index contributed by atoms with van der Waals surface area (Å²) in [7, 11) is 0. The Bertz CT molecular complexity index is 652. The van der Waals surface area contributed by atoms with Crippen LogP contribution in [-0.4, -0.2) is 28.1 Å². The molecule has 0 radical (unpaired) electrons. The number of carbonyl (C=O) groups is 1. The molecule has 0 unspecified atom stereocenters. The summed E-state index contributed by atoms with van der Waals surface area (Å²) in [5, 5.41) is 0. The van der Waals surface area contributed by atoms with E-state index in [1.807, 2.05) is 24.3 Å². The summed E-state index contributed by atoms with van der Waals surface area (Å²) in [6.07, 6.45) is 3.39. The Balaban J connectivity index is 1.94. The van der Waals surface area contributed by atoms with Gasteiger partial charge in [-0.3, -0.25) is 9.13 Å². The van der Waals surface area contributed by atoms with Crippen LogP contribution in [-0.2, 0) is 22.6 Å². The summed E-state index contributed by atoms with van der Waals surface area (Å²) >= 11 is 0. The number of nitrogens with zero attached hydrogens (tertiary/aromatic N) is 2. The highest BCUT2D eigenvalue weighted by Crippen LogP contribution is 2.23. The molecule has 1 aromatic carbocycles. The molecule has 1 aromatic heterocycles. The third-order valence-electron chi connectivity index (χ3n) is 3.38. The molecule has 19 heavy (non-hydrogen) atoms. The summed E-state index contributed by atoms with van der Waals surface area (Å²) in [5.41, 5.74) is 1.51. The van der Waals surface area contributed by atoms with E-state index < -0.39 is 0 Å².